The number of anilines is 1. The van der Waals surface area contributed by atoms with Crippen molar-refractivity contribution in [1.82, 2.24) is 15.2 Å². The Morgan fingerprint density at radius 2 is 2.11 bits per heavy atom. The summed E-state index contributed by atoms with van der Waals surface area (Å²) in [4.78, 5) is 4.23. The van der Waals surface area contributed by atoms with Crippen molar-refractivity contribution in [3.8, 4) is 5.88 Å². The second-order valence-corrected chi connectivity index (χ2v) is 4.62. The van der Waals surface area contributed by atoms with Gasteiger partial charge in [-0.15, -0.1) is 10.2 Å². The van der Waals surface area contributed by atoms with E-state index in [1.807, 2.05) is 26.0 Å². The standard InChI is InChI=1S/C13H15ClN4O/c1-9(2)19-13-10(4-3-7-15-13)8-16-12-6-5-11(14)17-18-12/h3-7,9H,8H2,1-2H3,(H,16,18). The lowest BCUT2D eigenvalue weighted by molar-refractivity contribution is 0.230. The van der Waals surface area contributed by atoms with Crippen LogP contribution in [-0.4, -0.2) is 21.3 Å². The molecule has 0 saturated carbocycles. The Morgan fingerprint density at radius 1 is 1.26 bits per heavy atom. The number of nitrogens with one attached hydrogen (secondary N) is 1. The van der Waals surface area contributed by atoms with Gasteiger partial charge in [0.1, 0.15) is 5.82 Å². The first-order valence-electron chi connectivity index (χ1n) is 5.99. The van der Waals surface area contributed by atoms with Crippen molar-refractivity contribution < 1.29 is 4.74 Å². The first-order valence-corrected chi connectivity index (χ1v) is 6.36. The molecule has 0 aliphatic carbocycles. The highest BCUT2D eigenvalue weighted by atomic mass is 35.5. The molecule has 19 heavy (non-hydrogen) atoms. The molecule has 0 aromatic carbocycles. The normalized spacial score (nSPS) is 10.5. The Bertz CT molecular complexity index is 530. The number of ether oxygens (including phenoxy) is 1. The van der Waals surface area contributed by atoms with Crippen LogP contribution in [0.2, 0.25) is 5.15 Å². The highest BCUT2D eigenvalue weighted by molar-refractivity contribution is 6.29. The number of aromatic nitrogens is 3. The van der Waals surface area contributed by atoms with Crippen LogP contribution in [0.1, 0.15) is 19.4 Å². The minimum Gasteiger partial charge on any atom is -0.475 e. The van der Waals surface area contributed by atoms with Crippen molar-refractivity contribution in [2.24, 2.45) is 0 Å². The molecule has 5 nitrogen and oxygen atoms in total. The van der Waals surface area contributed by atoms with Gasteiger partial charge in [-0.1, -0.05) is 17.7 Å². The second-order valence-electron chi connectivity index (χ2n) is 4.23. The SMILES string of the molecule is CC(C)Oc1ncccc1CNc1ccc(Cl)nn1. The van der Waals surface area contributed by atoms with Gasteiger partial charge in [0, 0.05) is 18.3 Å². The van der Waals surface area contributed by atoms with Gasteiger partial charge in [-0.2, -0.15) is 0 Å². The zero-order valence-electron chi connectivity index (χ0n) is 10.8. The first-order chi connectivity index (χ1) is 9.15. The predicted molar refractivity (Wildman–Crippen MR) is 74.4 cm³/mol. The second kappa shape index (κ2) is 6.33. The molecule has 6 heteroatoms. The molecule has 2 rings (SSSR count). The molecule has 2 aromatic rings. The van der Waals surface area contributed by atoms with Gasteiger partial charge in [0.05, 0.1) is 6.10 Å². The molecule has 100 valence electrons. The van der Waals surface area contributed by atoms with E-state index >= 15 is 0 Å². The van der Waals surface area contributed by atoms with Gasteiger partial charge in [0.25, 0.3) is 0 Å². The van der Waals surface area contributed by atoms with E-state index < -0.39 is 0 Å². The molecule has 0 saturated heterocycles. The van der Waals surface area contributed by atoms with Gasteiger partial charge in [0.15, 0.2) is 5.15 Å². The van der Waals surface area contributed by atoms with E-state index in [9.17, 15) is 0 Å². The third kappa shape index (κ3) is 4.06. The summed E-state index contributed by atoms with van der Waals surface area (Å²) in [6.45, 7) is 4.50. The predicted octanol–water partition coefficient (Wildman–Crippen LogP) is 2.92. The summed E-state index contributed by atoms with van der Waals surface area (Å²) in [5, 5.41) is 11.2. The fraction of sp³-hybridized carbons (Fsp3) is 0.308. The van der Waals surface area contributed by atoms with E-state index in [-0.39, 0.29) is 6.10 Å². The van der Waals surface area contributed by atoms with E-state index in [0.717, 1.165) is 5.56 Å². The fourth-order valence-electron chi connectivity index (χ4n) is 1.48. The maximum Gasteiger partial charge on any atom is 0.218 e. The van der Waals surface area contributed by atoms with Crippen LogP contribution in [0.25, 0.3) is 0 Å². The topological polar surface area (TPSA) is 59.9 Å². The summed E-state index contributed by atoms with van der Waals surface area (Å²) in [5.74, 6) is 1.29. The summed E-state index contributed by atoms with van der Waals surface area (Å²) in [7, 11) is 0. The lowest BCUT2D eigenvalue weighted by atomic mass is 10.2. The lowest BCUT2D eigenvalue weighted by Crippen LogP contribution is -2.11. The van der Waals surface area contributed by atoms with Crippen molar-refractivity contribution in [3.63, 3.8) is 0 Å². The van der Waals surface area contributed by atoms with Crippen LogP contribution in [0.5, 0.6) is 5.88 Å². The molecular formula is C13H15ClN4O. The Labute approximate surface area is 117 Å². The third-order valence-electron chi connectivity index (χ3n) is 2.29. The maximum absolute atomic E-state index is 5.68. The summed E-state index contributed by atoms with van der Waals surface area (Å²) in [6.07, 6.45) is 1.80. The minimum atomic E-state index is 0.0870. The number of hydrogen-bond donors (Lipinski definition) is 1. The molecule has 1 N–H and O–H groups in total. The van der Waals surface area contributed by atoms with Gasteiger partial charge < -0.3 is 10.1 Å². The first kappa shape index (κ1) is 13.5. The molecule has 2 aromatic heterocycles. The highest BCUT2D eigenvalue weighted by Crippen LogP contribution is 2.17. The molecule has 0 amide bonds. The van der Waals surface area contributed by atoms with Gasteiger partial charge in [0.2, 0.25) is 5.88 Å². The average molecular weight is 279 g/mol. The molecule has 0 unspecified atom stereocenters. The Balaban J connectivity index is 2.04. The van der Waals surface area contributed by atoms with E-state index in [2.05, 4.69) is 20.5 Å². The Morgan fingerprint density at radius 3 is 2.79 bits per heavy atom. The van der Waals surface area contributed by atoms with Gasteiger partial charge >= 0.3 is 0 Å². The number of hydrogen-bond acceptors (Lipinski definition) is 5. The molecule has 0 atom stereocenters. The lowest BCUT2D eigenvalue weighted by Gasteiger charge is -2.13. The van der Waals surface area contributed by atoms with Crippen LogP contribution < -0.4 is 10.1 Å². The van der Waals surface area contributed by atoms with Crippen molar-refractivity contribution >= 4 is 17.4 Å². The smallest absolute Gasteiger partial charge is 0.218 e. The Hall–Kier alpha value is -1.88. The molecule has 0 radical (unpaired) electrons. The minimum absolute atomic E-state index is 0.0870. The van der Waals surface area contributed by atoms with Crippen LogP contribution >= 0.6 is 11.6 Å². The van der Waals surface area contributed by atoms with E-state index in [1.54, 1.807) is 18.3 Å². The quantitative estimate of drug-likeness (QED) is 0.911. The molecule has 0 aliphatic rings. The summed E-state index contributed by atoms with van der Waals surface area (Å²) >= 11 is 5.68. The zero-order valence-corrected chi connectivity index (χ0v) is 11.6. The maximum atomic E-state index is 5.68. The van der Waals surface area contributed by atoms with E-state index in [0.29, 0.717) is 23.4 Å². The van der Waals surface area contributed by atoms with Crippen LogP contribution in [-0.2, 0) is 6.54 Å². The van der Waals surface area contributed by atoms with Crippen molar-refractivity contribution in [1.29, 1.82) is 0 Å². The fourth-order valence-corrected chi connectivity index (χ4v) is 1.58. The Kier molecular flexibility index (Phi) is 4.52. The van der Waals surface area contributed by atoms with Crippen LogP contribution in [0.3, 0.4) is 0 Å². The van der Waals surface area contributed by atoms with Gasteiger partial charge in [-0.3, -0.25) is 0 Å². The van der Waals surface area contributed by atoms with E-state index in [4.69, 9.17) is 16.3 Å². The third-order valence-corrected chi connectivity index (χ3v) is 2.49. The summed E-state index contributed by atoms with van der Waals surface area (Å²) in [5.41, 5.74) is 0.966. The number of pyridine rings is 1. The number of nitrogens with zero attached hydrogens (tertiary/aromatic N) is 3. The number of rotatable bonds is 5. The van der Waals surface area contributed by atoms with Crippen molar-refractivity contribution in [3.05, 3.63) is 41.2 Å². The summed E-state index contributed by atoms with van der Waals surface area (Å²) < 4.78 is 5.64. The molecular weight excluding hydrogens is 264 g/mol. The van der Waals surface area contributed by atoms with Crippen molar-refractivity contribution in [2.45, 2.75) is 26.5 Å². The van der Waals surface area contributed by atoms with Crippen LogP contribution in [0, 0.1) is 0 Å². The van der Waals surface area contributed by atoms with Crippen LogP contribution in [0.4, 0.5) is 5.82 Å². The monoisotopic (exact) mass is 278 g/mol. The highest BCUT2D eigenvalue weighted by Gasteiger charge is 2.06. The molecule has 2 heterocycles. The summed E-state index contributed by atoms with van der Waals surface area (Å²) in [6, 6.07) is 7.29. The van der Waals surface area contributed by atoms with E-state index in [1.165, 1.54) is 0 Å². The largest absolute Gasteiger partial charge is 0.475 e. The number of halogens is 1. The zero-order chi connectivity index (χ0) is 13.7. The molecule has 0 fully saturated rings. The van der Waals surface area contributed by atoms with Crippen LogP contribution in [0.15, 0.2) is 30.5 Å². The molecule has 0 spiro atoms. The average Bonchev–Trinajstić information content (AvgIpc) is 2.39. The van der Waals surface area contributed by atoms with Gasteiger partial charge in [-0.25, -0.2) is 4.98 Å². The molecule has 0 bridgehead atoms. The molecule has 0 aliphatic heterocycles. The van der Waals surface area contributed by atoms with Crippen molar-refractivity contribution in [2.75, 3.05) is 5.32 Å². The van der Waals surface area contributed by atoms with Gasteiger partial charge in [-0.05, 0) is 32.0 Å².